The second kappa shape index (κ2) is 9.97. The SMILES string of the molecule is C[C@@H](Oc1ccc2c(c(-c3cnc(F)c(C#N)c3)nn2C2CCCCO2)c1F)c1c(Cl)cncc1Cl. The quantitative estimate of drug-likeness (QED) is 0.264. The number of pyridine rings is 2. The molecule has 1 aliphatic heterocycles. The third-order valence-electron chi connectivity index (χ3n) is 6.04. The fourth-order valence-corrected chi connectivity index (χ4v) is 4.99. The number of rotatable bonds is 5. The largest absolute Gasteiger partial charge is 0.483 e. The fourth-order valence-electron chi connectivity index (χ4n) is 4.32. The third-order valence-corrected chi connectivity index (χ3v) is 6.64. The van der Waals surface area contributed by atoms with Crippen LogP contribution in [0.4, 0.5) is 8.78 Å². The molecule has 7 nitrogen and oxygen atoms in total. The Bertz CT molecular complexity index is 1480. The van der Waals surface area contributed by atoms with Gasteiger partial charge < -0.3 is 9.47 Å². The van der Waals surface area contributed by atoms with Crippen molar-refractivity contribution >= 4 is 34.1 Å². The highest BCUT2D eigenvalue weighted by molar-refractivity contribution is 6.35. The van der Waals surface area contributed by atoms with Crippen molar-refractivity contribution in [1.29, 1.82) is 5.26 Å². The Morgan fingerprint density at radius 3 is 2.67 bits per heavy atom. The summed E-state index contributed by atoms with van der Waals surface area (Å²) in [5.74, 6) is -1.65. The highest BCUT2D eigenvalue weighted by atomic mass is 35.5. The molecule has 4 heterocycles. The van der Waals surface area contributed by atoms with Crippen LogP contribution >= 0.6 is 23.2 Å². The van der Waals surface area contributed by atoms with Gasteiger partial charge in [-0.3, -0.25) is 4.98 Å². The van der Waals surface area contributed by atoms with Gasteiger partial charge in [-0.25, -0.2) is 14.1 Å². The zero-order valence-electron chi connectivity index (χ0n) is 19.0. The predicted octanol–water partition coefficient (Wildman–Crippen LogP) is 6.79. The van der Waals surface area contributed by atoms with E-state index in [1.165, 1.54) is 30.7 Å². The van der Waals surface area contributed by atoms with Crippen molar-refractivity contribution in [3.63, 3.8) is 0 Å². The Morgan fingerprint density at radius 1 is 1.19 bits per heavy atom. The van der Waals surface area contributed by atoms with Crippen LogP contribution in [0.3, 0.4) is 0 Å². The molecule has 11 heteroatoms. The molecule has 0 amide bonds. The van der Waals surface area contributed by atoms with Gasteiger partial charge in [0.25, 0.3) is 0 Å². The summed E-state index contributed by atoms with van der Waals surface area (Å²) in [5, 5.41) is 14.6. The van der Waals surface area contributed by atoms with Crippen molar-refractivity contribution in [2.45, 2.75) is 38.5 Å². The highest BCUT2D eigenvalue weighted by Gasteiger charge is 2.27. The third kappa shape index (κ3) is 4.37. The molecule has 0 saturated carbocycles. The second-order valence-corrected chi connectivity index (χ2v) is 9.15. The Labute approximate surface area is 215 Å². The van der Waals surface area contributed by atoms with E-state index in [0.717, 1.165) is 12.8 Å². The standard InChI is InChI=1S/C25H19Cl2F2N5O2/c1-13(21-16(26)11-31-12-17(21)27)36-19-6-5-18-22(23(19)28)24(15-8-14(9-30)25(29)32-10-15)33-34(18)20-4-2-3-7-35-20/h5-6,8,10-13,20H,2-4,7H2,1H3/t13-,20?/m1/s1. The number of ether oxygens (including phenoxy) is 2. The number of hydrogen-bond acceptors (Lipinski definition) is 6. The van der Waals surface area contributed by atoms with Gasteiger partial charge in [0.05, 0.1) is 20.9 Å². The summed E-state index contributed by atoms with van der Waals surface area (Å²) >= 11 is 12.5. The summed E-state index contributed by atoms with van der Waals surface area (Å²) in [5.41, 5.74) is 1.15. The number of nitriles is 1. The molecule has 2 atom stereocenters. The number of fused-ring (bicyclic) bond motifs is 1. The van der Waals surface area contributed by atoms with Crippen LogP contribution in [0.2, 0.25) is 10.0 Å². The van der Waals surface area contributed by atoms with E-state index < -0.39 is 24.1 Å². The van der Waals surface area contributed by atoms with Crippen molar-refractivity contribution in [1.82, 2.24) is 19.7 Å². The minimum atomic E-state index is -0.912. The summed E-state index contributed by atoms with van der Waals surface area (Å²) in [6, 6.07) is 6.25. The van der Waals surface area contributed by atoms with Crippen molar-refractivity contribution in [2.24, 2.45) is 0 Å². The molecule has 0 N–H and O–H groups in total. The number of aromatic nitrogens is 4. The molecular formula is C25H19Cl2F2N5O2. The fraction of sp³-hybridized carbons (Fsp3) is 0.280. The monoisotopic (exact) mass is 529 g/mol. The van der Waals surface area contributed by atoms with Gasteiger partial charge in [-0.05, 0) is 44.4 Å². The van der Waals surface area contributed by atoms with Crippen LogP contribution in [-0.2, 0) is 4.74 Å². The molecule has 0 radical (unpaired) electrons. The lowest BCUT2D eigenvalue weighted by Crippen LogP contribution is -2.19. The highest BCUT2D eigenvalue weighted by Crippen LogP contribution is 2.39. The molecule has 3 aromatic heterocycles. The maximum absolute atomic E-state index is 16.1. The topological polar surface area (TPSA) is 85.8 Å². The van der Waals surface area contributed by atoms with E-state index in [0.29, 0.717) is 34.2 Å². The molecule has 1 aliphatic rings. The van der Waals surface area contributed by atoms with Gasteiger partial charge in [0.1, 0.15) is 23.4 Å². The summed E-state index contributed by atoms with van der Waals surface area (Å²) in [6.07, 6.45) is 5.57. The second-order valence-electron chi connectivity index (χ2n) is 8.34. The maximum atomic E-state index is 16.1. The van der Waals surface area contributed by atoms with Crippen LogP contribution in [-0.4, -0.2) is 26.4 Å². The molecule has 1 fully saturated rings. The van der Waals surface area contributed by atoms with Crippen molar-refractivity contribution < 1.29 is 18.3 Å². The van der Waals surface area contributed by atoms with Crippen molar-refractivity contribution in [2.75, 3.05) is 6.61 Å². The lowest BCUT2D eigenvalue weighted by molar-refractivity contribution is -0.0365. The van der Waals surface area contributed by atoms with E-state index in [2.05, 4.69) is 15.1 Å². The van der Waals surface area contributed by atoms with E-state index in [1.54, 1.807) is 23.7 Å². The van der Waals surface area contributed by atoms with Gasteiger partial charge >= 0.3 is 0 Å². The molecule has 1 unspecified atom stereocenters. The number of benzene rings is 1. The molecule has 36 heavy (non-hydrogen) atoms. The molecule has 1 saturated heterocycles. The van der Waals surface area contributed by atoms with Gasteiger partial charge in [0, 0.05) is 36.3 Å². The van der Waals surface area contributed by atoms with Gasteiger partial charge in [-0.2, -0.15) is 14.8 Å². The molecule has 184 valence electrons. The zero-order chi connectivity index (χ0) is 25.4. The summed E-state index contributed by atoms with van der Waals surface area (Å²) in [6.45, 7) is 2.26. The molecule has 5 rings (SSSR count). The zero-order valence-corrected chi connectivity index (χ0v) is 20.5. The smallest absolute Gasteiger partial charge is 0.230 e. The molecule has 0 spiro atoms. The van der Waals surface area contributed by atoms with Crippen molar-refractivity contribution in [3.05, 3.63) is 69.7 Å². The molecule has 1 aromatic carbocycles. The minimum absolute atomic E-state index is 0.0557. The van der Waals surface area contributed by atoms with Gasteiger partial charge in [-0.1, -0.05) is 23.2 Å². The Kier molecular flexibility index (Phi) is 6.75. The van der Waals surface area contributed by atoms with Gasteiger partial charge in [-0.15, -0.1) is 0 Å². The van der Waals surface area contributed by atoms with Gasteiger partial charge in [0.15, 0.2) is 17.8 Å². The van der Waals surface area contributed by atoms with Crippen LogP contribution in [0.25, 0.3) is 22.2 Å². The van der Waals surface area contributed by atoms with Gasteiger partial charge in [0.2, 0.25) is 5.95 Å². The summed E-state index contributed by atoms with van der Waals surface area (Å²) in [4.78, 5) is 7.59. The first-order valence-electron chi connectivity index (χ1n) is 11.2. The van der Waals surface area contributed by atoms with Crippen molar-refractivity contribution in [3.8, 4) is 23.1 Å². The van der Waals surface area contributed by atoms with E-state index >= 15 is 4.39 Å². The molecule has 0 aliphatic carbocycles. The van der Waals surface area contributed by atoms with Crippen LogP contribution < -0.4 is 4.74 Å². The first-order chi connectivity index (χ1) is 17.4. The van der Waals surface area contributed by atoms with E-state index in [-0.39, 0.29) is 28.0 Å². The molecule has 4 aromatic rings. The Balaban J connectivity index is 1.65. The Morgan fingerprint density at radius 2 is 1.97 bits per heavy atom. The number of hydrogen-bond donors (Lipinski definition) is 0. The van der Waals surface area contributed by atoms with E-state index in [1.807, 2.05) is 0 Å². The van der Waals surface area contributed by atoms with Crippen LogP contribution in [0, 0.1) is 23.1 Å². The van der Waals surface area contributed by atoms with E-state index in [9.17, 15) is 9.65 Å². The minimum Gasteiger partial charge on any atom is -0.483 e. The first kappa shape index (κ1) is 24.4. The average molecular weight is 530 g/mol. The predicted molar refractivity (Wildman–Crippen MR) is 130 cm³/mol. The van der Waals surface area contributed by atoms with Crippen LogP contribution in [0.1, 0.15) is 49.6 Å². The average Bonchev–Trinajstić information content (AvgIpc) is 3.27. The Hall–Kier alpha value is -3.32. The summed E-state index contributed by atoms with van der Waals surface area (Å²) in [7, 11) is 0. The van der Waals surface area contributed by atoms with E-state index in [4.69, 9.17) is 32.7 Å². The maximum Gasteiger partial charge on any atom is 0.230 e. The first-order valence-corrected chi connectivity index (χ1v) is 12.0. The normalized spacial score (nSPS) is 16.6. The van der Waals surface area contributed by atoms with Crippen LogP contribution in [0.15, 0.2) is 36.8 Å². The van der Waals surface area contributed by atoms with Crippen LogP contribution in [0.5, 0.6) is 5.75 Å². The molecule has 0 bridgehead atoms. The summed E-state index contributed by atoms with van der Waals surface area (Å²) < 4.78 is 43.4. The lowest BCUT2D eigenvalue weighted by Gasteiger charge is -2.23. The molecular weight excluding hydrogens is 511 g/mol. The number of halogens is 4. The lowest BCUT2D eigenvalue weighted by atomic mass is 10.1. The number of nitrogens with zero attached hydrogens (tertiary/aromatic N) is 5.